The maximum atomic E-state index is 4.94. The minimum absolute atomic E-state index is 0.778. The molecule has 11 heavy (non-hydrogen) atoms. The molecule has 0 bridgehead atoms. The zero-order valence-electron chi connectivity index (χ0n) is 7.56. The molecular weight excluding hydrogens is 140 g/mol. The number of rotatable bonds is 1. The second-order valence-electron chi connectivity index (χ2n) is 2.54. The minimum atomic E-state index is 0.778. The first-order valence-electron chi connectivity index (χ1n) is 4.07. The van der Waals surface area contributed by atoms with Gasteiger partial charge in [-0.1, -0.05) is 12.5 Å². The Balaban J connectivity index is 0.000000187. The van der Waals surface area contributed by atoms with Crippen LogP contribution < -0.4 is 0 Å². The SMILES string of the molecule is C1COCCO1.C=C(C)CC. The van der Waals surface area contributed by atoms with Gasteiger partial charge in [0.1, 0.15) is 0 Å². The third kappa shape index (κ3) is 9.66. The van der Waals surface area contributed by atoms with Crippen LogP contribution in [0, 0.1) is 0 Å². The molecule has 0 aromatic heterocycles. The molecule has 0 N–H and O–H groups in total. The summed E-state index contributed by atoms with van der Waals surface area (Å²) in [4.78, 5) is 0. The van der Waals surface area contributed by atoms with Crippen LogP contribution in [0.5, 0.6) is 0 Å². The third-order valence-electron chi connectivity index (χ3n) is 1.35. The lowest BCUT2D eigenvalue weighted by Crippen LogP contribution is -2.16. The molecule has 1 fully saturated rings. The van der Waals surface area contributed by atoms with Gasteiger partial charge in [0, 0.05) is 0 Å². The van der Waals surface area contributed by atoms with Gasteiger partial charge in [-0.15, -0.1) is 6.58 Å². The van der Waals surface area contributed by atoms with Gasteiger partial charge in [0.15, 0.2) is 0 Å². The average molecular weight is 158 g/mol. The van der Waals surface area contributed by atoms with Crippen molar-refractivity contribution in [2.24, 2.45) is 0 Å². The second kappa shape index (κ2) is 7.76. The largest absolute Gasteiger partial charge is 0.377 e. The summed E-state index contributed by atoms with van der Waals surface area (Å²) in [5.74, 6) is 0. The van der Waals surface area contributed by atoms with Crippen LogP contribution in [0.25, 0.3) is 0 Å². The van der Waals surface area contributed by atoms with Gasteiger partial charge in [-0.05, 0) is 13.3 Å². The van der Waals surface area contributed by atoms with Gasteiger partial charge in [0.25, 0.3) is 0 Å². The van der Waals surface area contributed by atoms with Crippen molar-refractivity contribution in [3.8, 4) is 0 Å². The van der Waals surface area contributed by atoms with Crippen molar-refractivity contribution in [1.29, 1.82) is 0 Å². The van der Waals surface area contributed by atoms with Crippen LogP contribution in [-0.4, -0.2) is 26.4 Å². The molecule has 0 atom stereocenters. The monoisotopic (exact) mass is 158 g/mol. The molecule has 0 aromatic rings. The van der Waals surface area contributed by atoms with Crippen molar-refractivity contribution in [3.63, 3.8) is 0 Å². The summed E-state index contributed by atoms with van der Waals surface area (Å²) in [6, 6.07) is 0. The topological polar surface area (TPSA) is 18.5 Å². The number of hydrogen-bond acceptors (Lipinski definition) is 2. The Labute approximate surface area is 69.2 Å². The number of allylic oxidation sites excluding steroid dienone is 1. The van der Waals surface area contributed by atoms with E-state index in [-0.39, 0.29) is 0 Å². The summed E-state index contributed by atoms with van der Waals surface area (Å²) in [5.41, 5.74) is 1.25. The van der Waals surface area contributed by atoms with Gasteiger partial charge in [-0.2, -0.15) is 0 Å². The fraction of sp³-hybridized carbons (Fsp3) is 0.778. The van der Waals surface area contributed by atoms with E-state index in [4.69, 9.17) is 9.47 Å². The molecule has 2 heteroatoms. The quantitative estimate of drug-likeness (QED) is 0.543. The fourth-order valence-corrected chi connectivity index (χ4v) is 0.440. The van der Waals surface area contributed by atoms with Crippen LogP contribution in [-0.2, 0) is 9.47 Å². The van der Waals surface area contributed by atoms with Gasteiger partial charge >= 0.3 is 0 Å². The first-order valence-corrected chi connectivity index (χ1v) is 4.07. The summed E-state index contributed by atoms with van der Waals surface area (Å²) in [7, 11) is 0. The Hall–Kier alpha value is -0.340. The van der Waals surface area contributed by atoms with Crippen molar-refractivity contribution in [2.75, 3.05) is 26.4 Å². The Kier molecular flexibility index (Phi) is 7.52. The molecule has 1 rings (SSSR count). The Morgan fingerprint density at radius 3 is 1.55 bits per heavy atom. The predicted octanol–water partition coefficient (Wildman–Crippen LogP) is 2.01. The second-order valence-corrected chi connectivity index (χ2v) is 2.54. The molecule has 0 amide bonds. The molecule has 1 heterocycles. The zero-order valence-corrected chi connectivity index (χ0v) is 7.56. The van der Waals surface area contributed by atoms with E-state index in [0.717, 1.165) is 32.8 Å². The average Bonchev–Trinajstić information content (AvgIpc) is 2.09. The van der Waals surface area contributed by atoms with Crippen LogP contribution in [0.15, 0.2) is 12.2 Å². The first-order chi connectivity index (χ1) is 5.27. The molecule has 0 aromatic carbocycles. The summed E-state index contributed by atoms with van der Waals surface area (Å²) in [5, 5.41) is 0. The van der Waals surface area contributed by atoms with Crippen LogP contribution in [0.4, 0.5) is 0 Å². The molecule has 66 valence electrons. The minimum Gasteiger partial charge on any atom is -0.377 e. The summed E-state index contributed by atoms with van der Waals surface area (Å²) in [6.07, 6.45) is 1.11. The molecule has 0 spiro atoms. The van der Waals surface area contributed by atoms with Gasteiger partial charge in [0.2, 0.25) is 0 Å². The van der Waals surface area contributed by atoms with E-state index in [1.807, 2.05) is 6.92 Å². The predicted molar refractivity (Wildman–Crippen MR) is 46.7 cm³/mol. The molecule has 1 aliphatic rings. The standard InChI is InChI=1S/C5H10.C4H8O2/c1-4-5(2)3;1-2-6-4-3-5-1/h2,4H2,1,3H3;1-4H2. The van der Waals surface area contributed by atoms with E-state index < -0.39 is 0 Å². The smallest absolute Gasteiger partial charge is 0.0701 e. The molecule has 2 nitrogen and oxygen atoms in total. The Bertz CT molecular complexity index is 84.2. The van der Waals surface area contributed by atoms with Crippen molar-refractivity contribution >= 4 is 0 Å². The van der Waals surface area contributed by atoms with Crippen molar-refractivity contribution in [3.05, 3.63) is 12.2 Å². The van der Waals surface area contributed by atoms with Crippen LogP contribution in [0.3, 0.4) is 0 Å². The summed E-state index contributed by atoms with van der Waals surface area (Å²) >= 11 is 0. The van der Waals surface area contributed by atoms with E-state index in [1.54, 1.807) is 0 Å². The highest BCUT2D eigenvalue weighted by Gasteiger charge is 1.94. The fourth-order valence-electron chi connectivity index (χ4n) is 0.440. The maximum Gasteiger partial charge on any atom is 0.0701 e. The molecule has 1 saturated heterocycles. The molecular formula is C9H18O2. The van der Waals surface area contributed by atoms with Crippen LogP contribution >= 0.6 is 0 Å². The van der Waals surface area contributed by atoms with E-state index >= 15 is 0 Å². The molecule has 0 saturated carbocycles. The molecule has 0 unspecified atom stereocenters. The van der Waals surface area contributed by atoms with Gasteiger partial charge in [-0.25, -0.2) is 0 Å². The lowest BCUT2D eigenvalue weighted by molar-refractivity contribution is -0.0334. The van der Waals surface area contributed by atoms with Crippen molar-refractivity contribution < 1.29 is 9.47 Å². The molecule has 1 aliphatic heterocycles. The van der Waals surface area contributed by atoms with Gasteiger partial charge in [-0.3, -0.25) is 0 Å². The zero-order chi connectivity index (χ0) is 8.53. The highest BCUT2D eigenvalue weighted by molar-refractivity contribution is 4.84. The first kappa shape index (κ1) is 10.7. The van der Waals surface area contributed by atoms with E-state index in [2.05, 4.69) is 13.5 Å². The lowest BCUT2D eigenvalue weighted by atomic mass is 10.3. The molecule has 0 aliphatic carbocycles. The Morgan fingerprint density at radius 2 is 1.45 bits per heavy atom. The number of ether oxygens (including phenoxy) is 2. The van der Waals surface area contributed by atoms with Crippen LogP contribution in [0.2, 0.25) is 0 Å². The van der Waals surface area contributed by atoms with Crippen molar-refractivity contribution in [2.45, 2.75) is 20.3 Å². The summed E-state index contributed by atoms with van der Waals surface area (Å²) in [6.45, 7) is 10.9. The van der Waals surface area contributed by atoms with Crippen molar-refractivity contribution in [1.82, 2.24) is 0 Å². The van der Waals surface area contributed by atoms with E-state index in [9.17, 15) is 0 Å². The Morgan fingerprint density at radius 1 is 1.18 bits per heavy atom. The van der Waals surface area contributed by atoms with Crippen LogP contribution in [0.1, 0.15) is 20.3 Å². The molecule has 0 radical (unpaired) electrons. The summed E-state index contributed by atoms with van der Waals surface area (Å²) < 4.78 is 9.89. The van der Waals surface area contributed by atoms with Gasteiger partial charge in [0.05, 0.1) is 26.4 Å². The number of hydrogen-bond donors (Lipinski definition) is 0. The lowest BCUT2D eigenvalue weighted by Gasteiger charge is -2.09. The highest BCUT2D eigenvalue weighted by atomic mass is 16.6. The van der Waals surface area contributed by atoms with Gasteiger partial charge < -0.3 is 9.47 Å². The maximum absolute atomic E-state index is 4.94. The highest BCUT2D eigenvalue weighted by Crippen LogP contribution is 1.88. The van der Waals surface area contributed by atoms with E-state index in [1.165, 1.54) is 5.57 Å². The van der Waals surface area contributed by atoms with E-state index in [0.29, 0.717) is 0 Å². The normalized spacial score (nSPS) is 16.5. The third-order valence-corrected chi connectivity index (χ3v) is 1.35.